The fourth-order valence-electron chi connectivity index (χ4n) is 3.08. The fourth-order valence-corrected chi connectivity index (χ4v) is 3.75. The minimum absolute atomic E-state index is 0.154. The van der Waals surface area contributed by atoms with Crippen molar-refractivity contribution < 1.29 is 22.8 Å². The summed E-state index contributed by atoms with van der Waals surface area (Å²) in [5.41, 5.74) is 6.18. The Morgan fingerprint density at radius 1 is 1.23 bits per heavy atom. The highest BCUT2D eigenvalue weighted by molar-refractivity contribution is 7.13. The van der Waals surface area contributed by atoms with E-state index in [1.54, 1.807) is 37.3 Å². The van der Waals surface area contributed by atoms with Crippen molar-refractivity contribution in [3.63, 3.8) is 0 Å². The maximum Gasteiger partial charge on any atom is 0.265 e. The van der Waals surface area contributed by atoms with Gasteiger partial charge in [0, 0.05) is 12.8 Å². The number of alkyl halides is 2. The molecule has 0 aliphatic rings. The average molecular weight is 448 g/mol. The largest absolute Gasteiger partial charge is 0.433 e. The fraction of sp³-hybridized carbons (Fsp3) is 0.318. The van der Waals surface area contributed by atoms with Crippen LogP contribution in [0, 0.1) is 0 Å². The van der Waals surface area contributed by atoms with Crippen molar-refractivity contribution >= 4 is 23.0 Å². The molecule has 2 heterocycles. The van der Waals surface area contributed by atoms with Crippen molar-refractivity contribution in [1.82, 2.24) is 10.3 Å². The van der Waals surface area contributed by atoms with Gasteiger partial charge in [0.1, 0.15) is 0 Å². The zero-order valence-electron chi connectivity index (χ0n) is 16.9. The Morgan fingerprint density at radius 2 is 1.97 bits per heavy atom. The molecule has 0 spiro atoms. The zero-order valence-corrected chi connectivity index (χ0v) is 17.7. The summed E-state index contributed by atoms with van der Waals surface area (Å²) in [6, 6.07) is 9.48. The second kappa shape index (κ2) is 9.93. The maximum absolute atomic E-state index is 14.3. The smallest absolute Gasteiger partial charge is 0.265 e. The van der Waals surface area contributed by atoms with Crippen LogP contribution in [0.4, 0.5) is 8.78 Å². The number of ketones is 1. The lowest BCUT2D eigenvalue weighted by atomic mass is 10.00. The molecule has 0 aliphatic carbocycles. The van der Waals surface area contributed by atoms with Crippen LogP contribution in [-0.2, 0) is 11.2 Å². The second-order valence-electron chi connectivity index (χ2n) is 7.17. The Kier molecular flexibility index (Phi) is 7.29. The van der Waals surface area contributed by atoms with E-state index in [0.717, 1.165) is 4.88 Å². The highest BCUT2D eigenvalue weighted by atomic mass is 32.1. The molecule has 0 fully saturated rings. The Bertz CT molecular complexity index is 1010. The number of nitrogens with one attached hydrogen (secondary N) is 1. The van der Waals surface area contributed by atoms with Crippen LogP contribution in [0.5, 0.6) is 0 Å². The first-order valence-electron chi connectivity index (χ1n) is 9.80. The van der Waals surface area contributed by atoms with Gasteiger partial charge in [0.15, 0.2) is 5.76 Å². The monoisotopic (exact) mass is 447 g/mol. The standard InChI is InChI=1S/C22H23F2N3O3S/c1-2-16(19(28)21-26-13-17(30-21)18-9-6-10-31-18)27-20(29)15(25)12-22(23,24)11-14-7-4-3-5-8-14/h3-10,13,15-16H,2,11-12,25H2,1H3,(H,27,29)/t15-,16-/m0/s1. The molecule has 6 nitrogen and oxygen atoms in total. The lowest BCUT2D eigenvalue weighted by Gasteiger charge is -2.22. The zero-order chi connectivity index (χ0) is 22.4. The average Bonchev–Trinajstić information content (AvgIpc) is 3.43. The molecule has 0 saturated carbocycles. The van der Waals surface area contributed by atoms with Crippen molar-refractivity contribution in [2.45, 2.75) is 44.2 Å². The van der Waals surface area contributed by atoms with Gasteiger partial charge < -0.3 is 15.5 Å². The quantitative estimate of drug-likeness (QED) is 0.457. The number of aromatic nitrogens is 1. The minimum atomic E-state index is -3.16. The number of nitrogens with zero attached hydrogens (tertiary/aromatic N) is 1. The van der Waals surface area contributed by atoms with E-state index in [9.17, 15) is 18.4 Å². The van der Waals surface area contributed by atoms with Crippen LogP contribution in [-0.4, -0.2) is 34.7 Å². The summed E-state index contributed by atoms with van der Waals surface area (Å²) < 4.78 is 34.2. The van der Waals surface area contributed by atoms with Gasteiger partial charge in [0.2, 0.25) is 11.7 Å². The third-order valence-electron chi connectivity index (χ3n) is 4.68. The van der Waals surface area contributed by atoms with Crippen molar-refractivity contribution in [3.05, 3.63) is 65.5 Å². The summed E-state index contributed by atoms with van der Waals surface area (Å²) in [6.07, 6.45) is 0.310. The topological polar surface area (TPSA) is 98.2 Å². The first-order valence-corrected chi connectivity index (χ1v) is 10.7. The molecule has 1 amide bonds. The lowest BCUT2D eigenvalue weighted by molar-refractivity contribution is -0.125. The van der Waals surface area contributed by atoms with Gasteiger partial charge in [0.25, 0.3) is 11.8 Å². The first kappa shape index (κ1) is 22.8. The second-order valence-corrected chi connectivity index (χ2v) is 8.12. The summed E-state index contributed by atoms with van der Waals surface area (Å²) in [7, 11) is 0. The van der Waals surface area contributed by atoms with Crippen LogP contribution < -0.4 is 11.1 Å². The number of carbonyl (C=O) groups excluding carboxylic acids is 2. The predicted octanol–water partition coefficient (Wildman–Crippen LogP) is 4.08. The summed E-state index contributed by atoms with van der Waals surface area (Å²) in [5.74, 6) is -4.24. The van der Waals surface area contributed by atoms with Gasteiger partial charge in [-0.25, -0.2) is 13.8 Å². The third kappa shape index (κ3) is 6.05. The summed E-state index contributed by atoms with van der Waals surface area (Å²) in [5, 5.41) is 4.32. The van der Waals surface area contributed by atoms with Crippen molar-refractivity contribution in [1.29, 1.82) is 0 Å². The Hall–Kier alpha value is -2.91. The van der Waals surface area contributed by atoms with Crippen LogP contribution >= 0.6 is 11.3 Å². The summed E-state index contributed by atoms with van der Waals surface area (Å²) in [6.45, 7) is 1.68. The number of benzene rings is 1. The van der Waals surface area contributed by atoms with Gasteiger partial charge in [-0.2, -0.15) is 0 Å². The number of carbonyl (C=O) groups is 2. The lowest BCUT2D eigenvalue weighted by Crippen LogP contribution is -2.50. The summed E-state index contributed by atoms with van der Waals surface area (Å²) >= 11 is 1.43. The molecule has 0 unspecified atom stereocenters. The normalized spacial score (nSPS) is 13.5. The van der Waals surface area contributed by atoms with Crippen molar-refractivity contribution in [2.75, 3.05) is 0 Å². The molecule has 2 aromatic heterocycles. The highest BCUT2D eigenvalue weighted by Crippen LogP contribution is 2.26. The molecule has 3 rings (SSSR count). The van der Waals surface area contributed by atoms with E-state index in [-0.39, 0.29) is 12.3 Å². The summed E-state index contributed by atoms with van der Waals surface area (Å²) in [4.78, 5) is 29.9. The molecule has 0 saturated heterocycles. The number of rotatable bonds is 10. The van der Waals surface area contributed by atoms with Crippen molar-refractivity contribution in [2.24, 2.45) is 5.73 Å². The van der Waals surface area contributed by atoms with E-state index in [4.69, 9.17) is 10.2 Å². The van der Waals surface area contributed by atoms with E-state index in [1.807, 2.05) is 17.5 Å². The van der Waals surface area contributed by atoms with Crippen LogP contribution in [0.1, 0.15) is 36.0 Å². The van der Waals surface area contributed by atoms with E-state index in [2.05, 4.69) is 10.3 Å². The van der Waals surface area contributed by atoms with Crippen LogP contribution in [0.25, 0.3) is 10.6 Å². The van der Waals surface area contributed by atoms with E-state index < -0.39 is 42.5 Å². The molecule has 0 radical (unpaired) electrons. The Labute approximate surface area is 182 Å². The number of Topliss-reactive ketones (excluding diaryl/α,β-unsaturated/α-hetero) is 1. The Balaban J connectivity index is 1.60. The number of hydrogen-bond donors (Lipinski definition) is 2. The Morgan fingerprint density at radius 3 is 2.61 bits per heavy atom. The van der Waals surface area contributed by atoms with Crippen LogP contribution in [0.3, 0.4) is 0 Å². The van der Waals surface area contributed by atoms with Crippen LogP contribution in [0.15, 0.2) is 58.5 Å². The molecule has 2 atom stereocenters. The number of hydrogen-bond acceptors (Lipinski definition) is 6. The van der Waals surface area contributed by atoms with Crippen molar-refractivity contribution in [3.8, 4) is 10.6 Å². The number of oxazole rings is 1. The molecule has 3 N–H and O–H groups in total. The number of nitrogens with two attached hydrogens (primary N) is 1. The van der Waals surface area contributed by atoms with Gasteiger partial charge in [0.05, 0.1) is 23.2 Å². The molecule has 0 bridgehead atoms. The van der Waals surface area contributed by atoms with E-state index >= 15 is 0 Å². The molecular formula is C22H23F2N3O3S. The third-order valence-corrected chi connectivity index (χ3v) is 5.57. The molecule has 0 aliphatic heterocycles. The minimum Gasteiger partial charge on any atom is -0.433 e. The van der Waals surface area contributed by atoms with Gasteiger partial charge >= 0.3 is 0 Å². The molecular weight excluding hydrogens is 424 g/mol. The number of amides is 1. The molecule has 31 heavy (non-hydrogen) atoms. The highest BCUT2D eigenvalue weighted by Gasteiger charge is 2.35. The van der Waals surface area contributed by atoms with Gasteiger partial charge in [-0.15, -0.1) is 11.3 Å². The van der Waals surface area contributed by atoms with E-state index in [0.29, 0.717) is 11.3 Å². The molecule has 1 aromatic carbocycles. The van der Waals surface area contributed by atoms with Crippen LogP contribution in [0.2, 0.25) is 0 Å². The molecule has 3 aromatic rings. The van der Waals surface area contributed by atoms with Gasteiger partial charge in [-0.1, -0.05) is 43.3 Å². The number of halogens is 2. The van der Waals surface area contributed by atoms with E-state index in [1.165, 1.54) is 17.5 Å². The van der Waals surface area contributed by atoms with Gasteiger partial charge in [-0.3, -0.25) is 9.59 Å². The van der Waals surface area contributed by atoms with Gasteiger partial charge in [-0.05, 0) is 23.4 Å². The SMILES string of the molecule is CC[C@H](NC(=O)[C@@H](N)CC(F)(F)Cc1ccccc1)C(=O)c1ncc(-c2cccs2)o1. The molecule has 164 valence electrons. The number of thiophene rings is 1. The maximum atomic E-state index is 14.3. The predicted molar refractivity (Wildman–Crippen MR) is 114 cm³/mol. The first-order chi connectivity index (χ1) is 14.8. The molecule has 9 heteroatoms.